The highest BCUT2D eigenvalue weighted by Crippen LogP contribution is 2.09. The van der Waals surface area contributed by atoms with Crippen LogP contribution in [0.3, 0.4) is 0 Å². The van der Waals surface area contributed by atoms with Gasteiger partial charge in [0.05, 0.1) is 0 Å². The molecular weight excluding hydrogens is 322 g/mol. The van der Waals surface area contributed by atoms with Crippen molar-refractivity contribution in [3.05, 3.63) is 59.0 Å². The number of rotatable bonds is 7. The summed E-state index contributed by atoms with van der Waals surface area (Å²) < 4.78 is 5.05. The summed E-state index contributed by atoms with van der Waals surface area (Å²) in [5, 5.41) is 5.56. The van der Waals surface area contributed by atoms with Gasteiger partial charge in [0, 0.05) is 18.2 Å². The van der Waals surface area contributed by atoms with Crippen LogP contribution in [0.5, 0.6) is 0 Å². The molecule has 0 spiro atoms. The molecule has 0 aliphatic carbocycles. The summed E-state index contributed by atoms with van der Waals surface area (Å²) in [7, 11) is 0. The van der Waals surface area contributed by atoms with E-state index in [-0.39, 0.29) is 30.0 Å². The van der Waals surface area contributed by atoms with Crippen LogP contribution in [-0.4, -0.2) is 23.8 Å². The fraction of sp³-hybridized carbons (Fsp3) is 0.278. The van der Waals surface area contributed by atoms with E-state index in [1.54, 1.807) is 24.3 Å². The fourth-order valence-electron chi connectivity index (χ4n) is 2.04. The lowest BCUT2D eigenvalue weighted by atomic mass is 10.1. The van der Waals surface area contributed by atoms with Crippen LogP contribution in [0.1, 0.15) is 57.3 Å². The molecule has 0 aliphatic rings. The lowest BCUT2D eigenvalue weighted by molar-refractivity contribution is 0.0909. The van der Waals surface area contributed by atoms with Gasteiger partial charge in [-0.25, -0.2) is 0 Å². The third-order valence-corrected chi connectivity index (χ3v) is 3.73. The molecule has 1 aromatic heterocycles. The van der Waals surface area contributed by atoms with Crippen LogP contribution in [0, 0.1) is 0 Å². The average Bonchev–Trinajstić information content (AvgIpc) is 3.10. The van der Waals surface area contributed by atoms with Crippen LogP contribution >= 0.6 is 0 Å². The Labute approximate surface area is 145 Å². The Bertz CT molecular complexity index is 765. The molecule has 0 saturated heterocycles. The molecule has 2 rings (SSSR count). The molecule has 0 saturated carbocycles. The Kier molecular flexibility index (Phi) is 5.94. The lowest BCUT2D eigenvalue weighted by Crippen LogP contribution is -2.31. The highest BCUT2D eigenvalue weighted by molar-refractivity contribution is 5.95. The van der Waals surface area contributed by atoms with Crippen molar-refractivity contribution in [1.82, 2.24) is 10.6 Å². The summed E-state index contributed by atoms with van der Waals surface area (Å²) >= 11 is 0. The molecule has 0 fully saturated rings. The second-order valence-corrected chi connectivity index (χ2v) is 5.69. The quantitative estimate of drug-likeness (QED) is 0.711. The van der Waals surface area contributed by atoms with Crippen molar-refractivity contribution >= 4 is 17.7 Å². The fourth-order valence-corrected chi connectivity index (χ4v) is 2.04. The van der Waals surface area contributed by atoms with Gasteiger partial charge >= 0.3 is 0 Å². The molecule has 1 aromatic carbocycles. The first-order valence-electron chi connectivity index (χ1n) is 7.98. The van der Waals surface area contributed by atoms with E-state index in [9.17, 15) is 14.4 Å². The Morgan fingerprint density at radius 3 is 2.24 bits per heavy atom. The predicted octanol–water partition coefficient (Wildman–Crippen LogP) is 1.84. The van der Waals surface area contributed by atoms with Crippen molar-refractivity contribution in [3.8, 4) is 0 Å². The van der Waals surface area contributed by atoms with Crippen LogP contribution in [-0.2, 0) is 6.54 Å². The minimum absolute atomic E-state index is 0.0124. The number of benzene rings is 1. The number of amides is 3. The van der Waals surface area contributed by atoms with Gasteiger partial charge in [0.2, 0.25) is 0 Å². The number of hydrogen-bond acceptors (Lipinski definition) is 4. The largest absolute Gasteiger partial charge is 0.446 e. The Morgan fingerprint density at radius 1 is 1.04 bits per heavy atom. The Morgan fingerprint density at radius 2 is 1.68 bits per heavy atom. The third kappa shape index (κ3) is 4.94. The van der Waals surface area contributed by atoms with E-state index in [0.717, 1.165) is 12.0 Å². The molecule has 7 nitrogen and oxygen atoms in total. The van der Waals surface area contributed by atoms with E-state index in [4.69, 9.17) is 10.2 Å². The van der Waals surface area contributed by atoms with E-state index in [0.29, 0.717) is 5.56 Å². The molecule has 25 heavy (non-hydrogen) atoms. The summed E-state index contributed by atoms with van der Waals surface area (Å²) in [5.74, 6) is -1.36. The van der Waals surface area contributed by atoms with Gasteiger partial charge in [-0.2, -0.15) is 0 Å². The average molecular weight is 343 g/mol. The zero-order valence-electron chi connectivity index (χ0n) is 14.2. The number of nitrogens with one attached hydrogen (secondary N) is 2. The standard InChI is InChI=1S/C18H21N3O4/c1-3-11(2)21-17(23)13-6-4-12(5-7-13)10-20-18(24)15-9-8-14(25-15)16(19)22/h4-9,11H,3,10H2,1-2H3,(H2,19,22)(H,20,24)(H,21,23)/t11-/m0/s1. The minimum Gasteiger partial charge on any atom is -0.446 e. The molecule has 0 aliphatic heterocycles. The monoisotopic (exact) mass is 343 g/mol. The summed E-state index contributed by atoms with van der Waals surface area (Å²) in [6, 6.07) is 9.80. The van der Waals surface area contributed by atoms with Crippen molar-refractivity contribution in [2.45, 2.75) is 32.9 Å². The summed E-state index contributed by atoms with van der Waals surface area (Å²) in [6.07, 6.45) is 0.861. The zero-order valence-corrected chi connectivity index (χ0v) is 14.2. The molecule has 2 aromatic rings. The van der Waals surface area contributed by atoms with Gasteiger partial charge in [0.25, 0.3) is 17.7 Å². The van der Waals surface area contributed by atoms with Crippen molar-refractivity contribution in [2.24, 2.45) is 5.73 Å². The van der Waals surface area contributed by atoms with Crippen LogP contribution in [0.15, 0.2) is 40.8 Å². The van der Waals surface area contributed by atoms with E-state index in [2.05, 4.69) is 10.6 Å². The molecule has 7 heteroatoms. The molecule has 0 radical (unpaired) electrons. The number of primary amides is 1. The molecule has 0 bridgehead atoms. The first kappa shape index (κ1) is 18.3. The van der Waals surface area contributed by atoms with E-state index in [1.165, 1.54) is 12.1 Å². The van der Waals surface area contributed by atoms with Crippen molar-refractivity contribution < 1.29 is 18.8 Å². The summed E-state index contributed by atoms with van der Waals surface area (Å²) in [6.45, 7) is 4.21. The second kappa shape index (κ2) is 8.14. The van der Waals surface area contributed by atoms with Crippen molar-refractivity contribution in [2.75, 3.05) is 0 Å². The van der Waals surface area contributed by atoms with Gasteiger partial charge in [-0.3, -0.25) is 14.4 Å². The van der Waals surface area contributed by atoms with Gasteiger partial charge in [-0.1, -0.05) is 19.1 Å². The maximum absolute atomic E-state index is 12.0. The maximum atomic E-state index is 12.0. The number of carbonyl (C=O) groups excluding carboxylic acids is 3. The molecule has 3 amide bonds. The number of carbonyl (C=O) groups is 3. The van der Waals surface area contributed by atoms with E-state index < -0.39 is 11.8 Å². The van der Waals surface area contributed by atoms with Gasteiger partial charge < -0.3 is 20.8 Å². The lowest BCUT2D eigenvalue weighted by Gasteiger charge is -2.11. The molecule has 0 unspecified atom stereocenters. The minimum atomic E-state index is -0.731. The molecule has 1 atom stereocenters. The number of furan rings is 1. The van der Waals surface area contributed by atoms with Gasteiger partial charge in [-0.15, -0.1) is 0 Å². The third-order valence-electron chi connectivity index (χ3n) is 3.73. The Balaban J connectivity index is 1.91. The van der Waals surface area contributed by atoms with Crippen molar-refractivity contribution in [3.63, 3.8) is 0 Å². The molecule has 132 valence electrons. The topological polar surface area (TPSA) is 114 Å². The highest BCUT2D eigenvalue weighted by atomic mass is 16.4. The maximum Gasteiger partial charge on any atom is 0.287 e. The first-order chi connectivity index (χ1) is 11.9. The van der Waals surface area contributed by atoms with E-state index >= 15 is 0 Å². The zero-order chi connectivity index (χ0) is 18.4. The molecule has 4 N–H and O–H groups in total. The van der Waals surface area contributed by atoms with E-state index in [1.807, 2.05) is 13.8 Å². The van der Waals surface area contributed by atoms with Gasteiger partial charge in [-0.05, 0) is 43.2 Å². The predicted molar refractivity (Wildman–Crippen MR) is 92.1 cm³/mol. The van der Waals surface area contributed by atoms with Crippen LogP contribution in [0.2, 0.25) is 0 Å². The normalized spacial score (nSPS) is 11.6. The number of hydrogen-bond donors (Lipinski definition) is 3. The summed E-state index contributed by atoms with van der Waals surface area (Å²) in [5.41, 5.74) is 6.46. The summed E-state index contributed by atoms with van der Waals surface area (Å²) in [4.78, 5) is 34.9. The molecular formula is C18H21N3O4. The van der Waals surface area contributed by atoms with Crippen molar-refractivity contribution in [1.29, 1.82) is 0 Å². The number of nitrogens with two attached hydrogens (primary N) is 1. The van der Waals surface area contributed by atoms with Crippen LogP contribution < -0.4 is 16.4 Å². The smallest absolute Gasteiger partial charge is 0.287 e. The van der Waals surface area contributed by atoms with Crippen LogP contribution in [0.25, 0.3) is 0 Å². The SMILES string of the molecule is CC[C@H](C)NC(=O)c1ccc(CNC(=O)c2ccc(C(N)=O)o2)cc1. The van der Waals surface area contributed by atoms with Gasteiger partial charge in [0.1, 0.15) is 0 Å². The second-order valence-electron chi connectivity index (χ2n) is 5.69. The first-order valence-corrected chi connectivity index (χ1v) is 7.98. The highest BCUT2D eigenvalue weighted by Gasteiger charge is 2.13. The van der Waals surface area contributed by atoms with Crippen LogP contribution in [0.4, 0.5) is 0 Å². The molecule has 1 heterocycles. The Hall–Kier alpha value is -3.09. The van der Waals surface area contributed by atoms with Gasteiger partial charge in [0.15, 0.2) is 11.5 Å².